The number of benzene rings is 2. The lowest BCUT2D eigenvalue weighted by Gasteiger charge is -2.19. The first-order valence-corrected chi connectivity index (χ1v) is 9.33. The zero-order chi connectivity index (χ0) is 18.6. The van der Waals surface area contributed by atoms with Crippen LogP contribution in [0.5, 0.6) is 5.75 Å². The summed E-state index contributed by atoms with van der Waals surface area (Å²) in [6, 6.07) is 12.8. The molecule has 2 rings (SSSR count). The highest BCUT2D eigenvalue weighted by Gasteiger charge is 2.13. The lowest BCUT2D eigenvalue weighted by Crippen LogP contribution is -2.10. The highest BCUT2D eigenvalue weighted by Crippen LogP contribution is 2.32. The Balaban J connectivity index is 2.05. The van der Waals surface area contributed by atoms with Gasteiger partial charge in [0, 0.05) is 10.6 Å². The monoisotopic (exact) mass is 358 g/mol. The van der Waals surface area contributed by atoms with Crippen LogP contribution in [0, 0.1) is 13.8 Å². The van der Waals surface area contributed by atoms with Crippen LogP contribution in [0.1, 0.15) is 43.0 Å². The molecule has 0 spiro atoms. The number of hydrogen-bond acceptors (Lipinski definition) is 3. The summed E-state index contributed by atoms with van der Waals surface area (Å²) in [6.07, 6.45) is 0. The molecule has 0 radical (unpaired) electrons. The Morgan fingerprint density at radius 2 is 1.72 bits per heavy atom. The molecule has 0 aliphatic carbocycles. The van der Waals surface area contributed by atoms with Crippen molar-refractivity contribution in [2.75, 3.05) is 6.61 Å². The van der Waals surface area contributed by atoms with Gasteiger partial charge in [-0.25, -0.2) is 4.79 Å². The van der Waals surface area contributed by atoms with Gasteiger partial charge < -0.3 is 9.84 Å². The van der Waals surface area contributed by atoms with Crippen LogP contribution in [0.25, 0.3) is 0 Å². The second-order valence-electron chi connectivity index (χ2n) is 7.30. The predicted octanol–water partition coefficient (Wildman–Crippen LogP) is 5.36. The Bertz CT molecular complexity index is 743. The molecule has 0 bridgehead atoms. The normalized spacial score (nSPS) is 11.4. The average molecular weight is 359 g/mol. The Hall–Kier alpha value is -1.94. The maximum Gasteiger partial charge on any atom is 0.341 e. The topological polar surface area (TPSA) is 46.5 Å². The second-order valence-corrected chi connectivity index (χ2v) is 8.32. The van der Waals surface area contributed by atoms with Gasteiger partial charge in [-0.3, -0.25) is 0 Å². The molecule has 2 aromatic rings. The summed E-state index contributed by atoms with van der Waals surface area (Å²) in [5.41, 5.74) is 4.86. The van der Waals surface area contributed by atoms with Gasteiger partial charge in [-0.05, 0) is 53.6 Å². The first-order chi connectivity index (χ1) is 11.7. The van der Waals surface area contributed by atoms with Crippen LogP contribution in [-0.4, -0.2) is 17.7 Å². The van der Waals surface area contributed by atoms with Gasteiger partial charge >= 0.3 is 5.97 Å². The van der Waals surface area contributed by atoms with E-state index in [1.165, 1.54) is 16.0 Å². The molecule has 0 aliphatic rings. The third-order valence-corrected chi connectivity index (χ3v) is 5.27. The van der Waals surface area contributed by atoms with Crippen molar-refractivity contribution in [1.29, 1.82) is 0 Å². The quantitative estimate of drug-likeness (QED) is 0.707. The van der Waals surface area contributed by atoms with Crippen LogP contribution in [0.15, 0.2) is 41.3 Å². The molecule has 1 N–H and O–H groups in total. The summed E-state index contributed by atoms with van der Waals surface area (Å²) in [5, 5.41) is 8.74. The summed E-state index contributed by atoms with van der Waals surface area (Å²) in [6.45, 7) is 10.3. The van der Waals surface area contributed by atoms with E-state index >= 15 is 0 Å². The molecule has 0 heterocycles. The Kier molecular flexibility index (Phi) is 6.17. The second kappa shape index (κ2) is 7.96. The molecular weight excluding hydrogens is 332 g/mol. The molecule has 0 aromatic heterocycles. The van der Waals surface area contributed by atoms with Crippen molar-refractivity contribution in [1.82, 2.24) is 0 Å². The van der Waals surface area contributed by atoms with E-state index < -0.39 is 5.97 Å². The van der Waals surface area contributed by atoms with Gasteiger partial charge in [0.25, 0.3) is 0 Å². The van der Waals surface area contributed by atoms with Gasteiger partial charge in [0.2, 0.25) is 0 Å². The van der Waals surface area contributed by atoms with E-state index in [4.69, 9.17) is 9.84 Å². The molecule has 25 heavy (non-hydrogen) atoms. The van der Waals surface area contributed by atoms with Crippen LogP contribution in [0.4, 0.5) is 0 Å². The van der Waals surface area contributed by atoms with Gasteiger partial charge in [0.15, 0.2) is 6.61 Å². The van der Waals surface area contributed by atoms with Crippen molar-refractivity contribution >= 4 is 17.7 Å². The number of carbonyl (C=O) groups is 1. The SMILES string of the molecule is Cc1cc(SCc2ccc(C(C)(C)C)cc2)c(C)cc1OCC(=O)O. The van der Waals surface area contributed by atoms with Crippen LogP contribution >= 0.6 is 11.8 Å². The first-order valence-electron chi connectivity index (χ1n) is 8.35. The highest BCUT2D eigenvalue weighted by atomic mass is 32.2. The van der Waals surface area contributed by atoms with Gasteiger partial charge in [-0.15, -0.1) is 11.8 Å². The third-order valence-electron chi connectivity index (χ3n) is 4.04. The van der Waals surface area contributed by atoms with E-state index in [9.17, 15) is 4.79 Å². The lowest BCUT2D eigenvalue weighted by atomic mass is 9.87. The van der Waals surface area contributed by atoms with Crippen molar-refractivity contribution in [2.24, 2.45) is 0 Å². The van der Waals surface area contributed by atoms with Crippen molar-refractivity contribution in [3.05, 3.63) is 58.7 Å². The maximum atomic E-state index is 10.7. The molecule has 0 amide bonds. The number of carboxylic acid groups (broad SMARTS) is 1. The van der Waals surface area contributed by atoms with Crippen LogP contribution in [0.2, 0.25) is 0 Å². The minimum atomic E-state index is -0.964. The summed E-state index contributed by atoms with van der Waals surface area (Å²) in [7, 11) is 0. The van der Waals surface area contributed by atoms with E-state index in [0.717, 1.165) is 16.9 Å². The van der Waals surface area contributed by atoms with Gasteiger partial charge in [0.1, 0.15) is 5.75 Å². The molecule has 0 aliphatic heterocycles. The fourth-order valence-corrected chi connectivity index (χ4v) is 3.54. The van der Waals surface area contributed by atoms with Crippen LogP contribution in [0.3, 0.4) is 0 Å². The van der Waals surface area contributed by atoms with Crippen molar-refractivity contribution in [3.8, 4) is 5.75 Å². The fraction of sp³-hybridized carbons (Fsp3) is 0.381. The smallest absolute Gasteiger partial charge is 0.341 e. The Morgan fingerprint density at radius 1 is 1.08 bits per heavy atom. The lowest BCUT2D eigenvalue weighted by molar-refractivity contribution is -0.139. The third kappa shape index (κ3) is 5.53. The van der Waals surface area contributed by atoms with E-state index in [2.05, 4.69) is 51.1 Å². The molecule has 0 saturated heterocycles. The molecule has 134 valence electrons. The number of ether oxygens (including phenoxy) is 1. The molecule has 4 heteroatoms. The highest BCUT2D eigenvalue weighted by molar-refractivity contribution is 7.98. The molecule has 2 aromatic carbocycles. The molecule has 0 fully saturated rings. The minimum absolute atomic E-state index is 0.172. The van der Waals surface area contributed by atoms with E-state index in [1.54, 1.807) is 11.8 Å². The summed E-state index contributed by atoms with van der Waals surface area (Å²) in [5.74, 6) is 0.577. The van der Waals surface area contributed by atoms with Crippen LogP contribution < -0.4 is 4.74 Å². The number of aryl methyl sites for hydroxylation is 2. The standard InChI is InChI=1S/C21H26O3S/c1-14-11-19(15(2)10-18(14)24-12-20(22)23)25-13-16-6-8-17(9-7-16)21(3,4)5/h6-11H,12-13H2,1-5H3,(H,22,23). The number of aliphatic carboxylic acids is 1. The fourth-order valence-electron chi connectivity index (χ4n) is 2.48. The molecule has 0 saturated carbocycles. The maximum absolute atomic E-state index is 10.7. The largest absolute Gasteiger partial charge is 0.482 e. The van der Waals surface area contributed by atoms with Crippen molar-refractivity contribution in [3.63, 3.8) is 0 Å². The Labute approximate surface area is 154 Å². The number of thioether (sulfide) groups is 1. The zero-order valence-corrected chi connectivity index (χ0v) is 16.4. The Morgan fingerprint density at radius 3 is 2.28 bits per heavy atom. The first kappa shape index (κ1) is 19.4. The molecule has 3 nitrogen and oxygen atoms in total. The van der Waals surface area contributed by atoms with Crippen LogP contribution in [-0.2, 0) is 16.0 Å². The van der Waals surface area contributed by atoms with Crippen molar-refractivity contribution < 1.29 is 14.6 Å². The van der Waals surface area contributed by atoms with Gasteiger partial charge in [0.05, 0.1) is 0 Å². The number of rotatable bonds is 6. The minimum Gasteiger partial charge on any atom is -0.482 e. The summed E-state index contributed by atoms with van der Waals surface area (Å²) >= 11 is 1.79. The zero-order valence-electron chi connectivity index (χ0n) is 15.6. The molecule has 0 atom stereocenters. The van der Waals surface area contributed by atoms with E-state index in [-0.39, 0.29) is 12.0 Å². The van der Waals surface area contributed by atoms with E-state index in [1.807, 2.05) is 19.9 Å². The average Bonchev–Trinajstić information content (AvgIpc) is 2.53. The molecule has 0 unspecified atom stereocenters. The number of carboxylic acids is 1. The van der Waals surface area contributed by atoms with Gasteiger partial charge in [-0.1, -0.05) is 45.0 Å². The number of hydrogen-bond donors (Lipinski definition) is 1. The molecular formula is C21H26O3S. The van der Waals surface area contributed by atoms with Gasteiger partial charge in [-0.2, -0.15) is 0 Å². The van der Waals surface area contributed by atoms with E-state index in [0.29, 0.717) is 5.75 Å². The summed E-state index contributed by atoms with van der Waals surface area (Å²) < 4.78 is 5.33. The summed E-state index contributed by atoms with van der Waals surface area (Å²) in [4.78, 5) is 11.8. The predicted molar refractivity (Wildman–Crippen MR) is 104 cm³/mol. The van der Waals surface area contributed by atoms with Crippen molar-refractivity contribution in [2.45, 2.75) is 50.7 Å².